The summed E-state index contributed by atoms with van der Waals surface area (Å²) in [4.78, 5) is 0. The molecule has 0 aliphatic heterocycles. The SMILES string of the molecule is CCC(CCO)NCC(O)COc1ccc(Cl)cc1Cl. The van der Waals surface area contributed by atoms with Gasteiger partial charge in [0.15, 0.2) is 0 Å². The molecule has 0 aliphatic carbocycles. The third-order valence-corrected chi connectivity index (χ3v) is 3.47. The second kappa shape index (κ2) is 9.42. The Morgan fingerprint density at radius 1 is 1.35 bits per heavy atom. The van der Waals surface area contributed by atoms with Gasteiger partial charge >= 0.3 is 0 Å². The topological polar surface area (TPSA) is 61.7 Å². The number of benzene rings is 1. The number of rotatable bonds is 9. The van der Waals surface area contributed by atoms with Gasteiger partial charge in [-0.1, -0.05) is 30.1 Å². The van der Waals surface area contributed by atoms with Crippen LogP contribution in [-0.4, -0.2) is 42.1 Å². The van der Waals surface area contributed by atoms with E-state index >= 15 is 0 Å². The minimum Gasteiger partial charge on any atom is -0.489 e. The van der Waals surface area contributed by atoms with Gasteiger partial charge in [-0.3, -0.25) is 0 Å². The number of ether oxygens (including phenoxy) is 1. The van der Waals surface area contributed by atoms with E-state index in [-0.39, 0.29) is 19.3 Å². The van der Waals surface area contributed by atoms with E-state index in [0.717, 1.165) is 6.42 Å². The first-order chi connectivity index (χ1) is 9.56. The molecule has 0 radical (unpaired) electrons. The summed E-state index contributed by atoms with van der Waals surface area (Å²) in [6, 6.07) is 5.15. The van der Waals surface area contributed by atoms with Gasteiger partial charge < -0.3 is 20.3 Å². The molecular formula is C14H21Cl2NO3. The van der Waals surface area contributed by atoms with Crippen molar-refractivity contribution in [2.45, 2.75) is 31.9 Å². The van der Waals surface area contributed by atoms with Crippen molar-refractivity contribution in [1.29, 1.82) is 0 Å². The Morgan fingerprint density at radius 3 is 2.70 bits per heavy atom. The lowest BCUT2D eigenvalue weighted by Gasteiger charge is -2.19. The lowest BCUT2D eigenvalue weighted by atomic mass is 10.1. The molecule has 0 aromatic heterocycles. The highest BCUT2D eigenvalue weighted by molar-refractivity contribution is 6.35. The first-order valence-electron chi connectivity index (χ1n) is 6.67. The number of halogens is 2. The standard InChI is InChI=1S/C14H21Cl2NO3/c1-2-11(5-6-18)17-8-12(19)9-20-14-4-3-10(15)7-13(14)16/h3-4,7,11-12,17-19H,2,5-6,8-9H2,1H3. The summed E-state index contributed by atoms with van der Waals surface area (Å²) >= 11 is 11.8. The van der Waals surface area contributed by atoms with E-state index in [1.165, 1.54) is 0 Å². The second-order valence-electron chi connectivity index (χ2n) is 4.57. The van der Waals surface area contributed by atoms with Crippen molar-refractivity contribution in [3.05, 3.63) is 28.2 Å². The Bertz CT molecular complexity index is 404. The van der Waals surface area contributed by atoms with Crippen molar-refractivity contribution in [1.82, 2.24) is 5.32 Å². The smallest absolute Gasteiger partial charge is 0.138 e. The van der Waals surface area contributed by atoms with Gasteiger partial charge in [-0.25, -0.2) is 0 Å². The molecular weight excluding hydrogens is 301 g/mol. The predicted octanol–water partition coefficient (Wildman–Crippen LogP) is 2.48. The molecule has 2 atom stereocenters. The van der Waals surface area contributed by atoms with Crippen molar-refractivity contribution < 1.29 is 14.9 Å². The molecule has 2 unspecified atom stereocenters. The van der Waals surface area contributed by atoms with Gasteiger partial charge in [-0.15, -0.1) is 0 Å². The van der Waals surface area contributed by atoms with Crippen LogP contribution in [0, 0.1) is 0 Å². The van der Waals surface area contributed by atoms with Crippen LogP contribution in [0.15, 0.2) is 18.2 Å². The minimum absolute atomic E-state index is 0.137. The minimum atomic E-state index is -0.644. The summed E-state index contributed by atoms with van der Waals surface area (Å²) in [5.41, 5.74) is 0. The summed E-state index contributed by atoms with van der Waals surface area (Å²) in [7, 11) is 0. The number of aliphatic hydroxyl groups excluding tert-OH is 2. The van der Waals surface area contributed by atoms with E-state index < -0.39 is 6.10 Å². The third-order valence-electron chi connectivity index (χ3n) is 2.94. The van der Waals surface area contributed by atoms with Gasteiger partial charge in [-0.05, 0) is 31.0 Å². The van der Waals surface area contributed by atoms with Crippen LogP contribution in [0.25, 0.3) is 0 Å². The zero-order valence-corrected chi connectivity index (χ0v) is 13.0. The Morgan fingerprint density at radius 2 is 2.10 bits per heavy atom. The molecule has 0 amide bonds. The zero-order valence-electron chi connectivity index (χ0n) is 11.5. The molecule has 4 nitrogen and oxygen atoms in total. The first kappa shape index (κ1) is 17.5. The van der Waals surface area contributed by atoms with Gasteiger partial charge in [0.1, 0.15) is 18.5 Å². The van der Waals surface area contributed by atoms with Crippen LogP contribution in [0.2, 0.25) is 10.0 Å². The molecule has 0 bridgehead atoms. The quantitative estimate of drug-likeness (QED) is 0.654. The molecule has 1 aromatic carbocycles. The maximum absolute atomic E-state index is 9.85. The van der Waals surface area contributed by atoms with E-state index in [9.17, 15) is 5.11 Å². The fourth-order valence-electron chi connectivity index (χ4n) is 1.75. The first-order valence-corrected chi connectivity index (χ1v) is 7.42. The van der Waals surface area contributed by atoms with E-state index in [0.29, 0.717) is 28.8 Å². The molecule has 0 heterocycles. The lowest BCUT2D eigenvalue weighted by Crippen LogP contribution is -2.38. The van der Waals surface area contributed by atoms with Crippen LogP contribution in [0.1, 0.15) is 19.8 Å². The molecule has 0 saturated carbocycles. The molecule has 1 rings (SSSR count). The van der Waals surface area contributed by atoms with Crippen molar-refractivity contribution in [2.75, 3.05) is 19.8 Å². The van der Waals surface area contributed by atoms with Gasteiger partial charge in [-0.2, -0.15) is 0 Å². The Kier molecular flexibility index (Phi) is 8.26. The summed E-state index contributed by atoms with van der Waals surface area (Å²) in [5.74, 6) is 0.498. The normalized spacial score (nSPS) is 14.1. The largest absolute Gasteiger partial charge is 0.489 e. The van der Waals surface area contributed by atoms with Crippen LogP contribution < -0.4 is 10.1 Å². The van der Waals surface area contributed by atoms with Gasteiger partial charge in [0, 0.05) is 24.2 Å². The summed E-state index contributed by atoms with van der Waals surface area (Å²) in [5, 5.41) is 22.9. The summed E-state index contributed by atoms with van der Waals surface area (Å²) in [6.45, 7) is 2.72. The van der Waals surface area contributed by atoms with Crippen molar-refractivity contribution in [3.63, 3.8) is 0 Å². The van der Waals surface area contributed by atoms with E-state index in [4.69, 9.17) is 33.0 Å². The van der Waals surface area contributed by atoms with Gasteiger partial charge in [0.2, 0.25) is 0 Å². The summed E-state index contributed by atoms with van der Waals surface area (Å²) in [6.07, 6.45) is 0.930. The zero-order chi connectivity index (χ0) is 15.0. The molecule has 0 aliphatic rings. The third kappa shape index (κ3) is 6.29. The maximum Gasteiger partial charge on any atom is 0.138 e. The van der Waals surface area contributed by atoms with E-state index in [2.05, 4.69) is 5.32 Å². The van der Waals surface area contributed by atoms with Crippen molar-refractivity contribution in [2.24, 2.45) is 0 Å². The number of hydrogen-bond donors (Lipinski definition) is 3. The summed E-state index contributed by atoms with van der Waals surface area (Å²) < 4.78 is 5.45. The molecule has 0 spiro atoms. The highest BCUT2D eigenvalue weighted by Crippen LogP contribution is 2.27. The molecule has 114 valence electrons. The Labute approximate surface area is 129 Å². The maximum atomic E-state index is 9.85. The van der Waals surface area contributed by atoms with Crippen LogP contribution in [-0.2, 0) is 0 Å². The molecule has 0 fully saturated rings. The molecule has 6 heteroatoms. The molecule has 1 aromatic rings. The second-order valence-corrected chi connectivity index (χ2v) is 5.41. The van der Waals surface area contributed by atoms with Crippen LogP contribution in [0.5, 0.6) is 5.75 Å². The van der Waals surface area contributed by atoms with Gasteiger partial charge in [0.25, 0.3) is 0 Å². The van der Waals surface area contributed by atoms with Crippen molar-refractivity contribution >= 4 is 23.2 Å². The number of aliphatic hydroxyl groups is 2. The van der Waals surface area contributed by atoms with E-state index in [1.807, 2.05) is 6.92 Å². The van der Waals surface area contributed by atoms with Crippen LogP contribution in [0.4, 0.5) is 0 Å². The highest BCUT2D eigenvalue weighted by atomic mass is 35.5. The monoisotopic (exact) mass is 321 g/mol. The van der Waals surface area contributed by atoms with Gasteiger partial charge in [0.05, 0.1) is 5.02 Å². The Hall–Kier alpha value is -0.520. The number of hydrogen-bond acceptors (Lipinski definition) is 4. The Balaban J connectivity index is 2.33. The van der Waals surface area contributed by atoms with E-state index in [1.54, 1.807) is 18.2 Å². The fourth-order valence-corrected chi connectivity index (χ4v) is 2.21. The van der Waals surface area contributed by atoms with Crippen LogP contribution in [0.3, 0.4) is 0 Å². The molecule has 0 saturated heterocycles. The average Bonchev–Trinajstić information content (AvgIpc) is 2.42. The highest BCUT2D eigenvalue weighted by Gasteiger charge is 2.11. The number of nitrogens with one attached hydrogen (secondary N) is 1. The van der Waals surface area contributed by atoms with Crippen LogP contribution >= 0.6 is 23.2 Å². The molecule has 20 heavy (non-hydrogen) atoms. The average molecular weight is 322 g/mol. The molecule has 3 N–H and O–H groups in total. The fraction of sp³-hybridized carbons (Fsp3) is 0.571. The lowest BCUT2D eigenvalue weighted by molar-refractivity contribution is 0.102. The predicted molar refractivity (Wildman–Crippen MR) is 81.7 cm³/mol. The van der Waals surface area contributed by atoms with Crippen molar-refractivity contribution in [3.8, 4) is 5.75 Å².